The zero-order valence-corrected chi connectivity index (χ0v) is 14.2. The van der Waals surface area contributed by atoms with E-state index in [1.54, 1.807) is 24.4 Å². The summed E-state index contributed by atoms with van der Waals surface area (Å²) in [5, 5.41) is 3.91. The van der Waals surface area contributed by atoms with E-state index in [0.29, 0.717) is 11.4 Å². The van der Waals surface area contributed by atoms with Gasteiger partial charge in [0.1, 0.15) is 12.3 Å². The number of nitrogens with one attached hydrogen (secondary N) is 1. The number of ether oxygens (including phenoxy) is 1. The van der Waals surface area contributed by atoms with Crippen LogP contribution >= 0.6 is 15.9 Å². The minimum atomic E-state index is -0.381. The number of nitrogens with zero attached hydrogens (tertiary/aromatic N) is 2. The zero-order valence-electron chi connectivity index (χ0n) is 12.6. The number of hydrazone groups is 1. The Balaban J connectivity index is 1.62. The van der Waals surface area contributed by atoms with Crippen molar-refractivity contribution in [1.29, 1.82) is 0 Å². The molecule has 122 valence electrons. The molecule has 0 bridgehead atoms. The van der Waals surface area contributed by atoms with E-state index in [1.807, 2.05) is 30.3 Å². The van der Waals surface area contributed by atoms with Crippen LogP contribution in [0.25, 0.3) is 0 Å². The highest BCUT2D eigenvalue weighted by Gasteiger charge is 2.26. The van der Waals surface area contributed by atoms with Crippen molar-refractivity contribution in [3.63, 3.8) is 0 Å². The Morgan fingerprint density at radius 1 is 1.25 bits per heavy atom. The number of anilines is 1. The number of amides is 2. The van der Waals surface area contributed by atoms with Crippen LogP contribution in [-0.4, -0.2) is 31.2 Å². The molecule has 0 radical (unpaired) electrons. The van der Waals surface area contributed by atoms with Gasteiger partial charge in [0.05, 0.1) is 11.9 Å². The second kappa shape index (κ2) is 7.27. The van der Waals surface area contributed by atoms with E-state index in [0.717, 1.165) is 10.0 Å². The maximum atomic E-state index is 12.0. The molecule has 7 heteroatoms. The Morgan fingerprint density at radius 2 is 2.00 bits per heavy atom. The first kappa shape index (κ1) is 16.2. The summed E-state index contributed by atoms with van der Waals surface area (Å²) in [5.74, 6) is -0.0579. The fourth-order valence-corrected chi connectivity index (χ4v) is 2.50. The van der Waals surface area contributed by atoms with Crippen LogP contribution < -0.4 is 15.1 Å². The average molecular weight is 388 g/mol. The van der Waals surface area contributed by atoms with Gasteiger partial charge in [0, 0.05) is 4.47 Å². The number of hydrogen-bond acceptors (Lipinski definition) is 4. The van der Waals surface area contributed by atoms with Crippen LogP contribution in [-0.2, 0) is 9.59 Å². The van der Waals surface area contributed by atoms with Crippen molar-refractivity contribution < 1.29 is 14.3 Å². The van der Waals surface area contributed by atoms with Crippen molar-refractivity contribution in [2.45, 2.75) is 0 Å². The third kappa shape index (κ3) is 3.80. The van der Waals surface area contributed by atoms with Crippen molar-refractivity contribution in [1.82, 2.24) is 5.43 Å². The van der Waals surface area contributed by atoms with Gasteiger partial charge in [0.2, 0.25) is 0 Å². The molecular weight excluding hydrogens is 374 g/mol. The number of carbonyl (C=O) groups excluding carboxylic acids is 2. The first-order valence-corrected chi connectivity index (χ1v) is 8.02. The normalized spacial score (nSPS) is 13.5. The molecule has 3 rings (SSSR count). The predicted molar refractivity (Wildman–Crippen MR) is 94.2 cm³/mol. The van der Waals surface area contributed by atoms with Gasteiger partial charge in [-0.1, -0.05) is 40.2 Å². The SMILES string of the molecule is O=C(CN1C(=O)COc2ccccc21)N/N=C/c1ccc(Br)cc1. The Hall–Kier alpha value is -2.67. The number of para-hydroxylation sites is 2. The first-order chi connectivity index (χ1) is 11.6. The van der Waals surface area contributed by atoms with Gasteiger partial charge in [-0.2, -0.15) is 5.10 Å². The number of halogens is 1. The maximum Gasteiger partial charge on any atom is 0.265 e. The summed E-state index contributed by atoms with van der Waals surface area (Å²) in [6.45, 7) is -0.191. The summed E-state index contributed by atoms with van der Waals surface area (Å²) in [4.78, 5) is 25.4. The highest BCUT2D eigenvalue weighted by atomic mass is 79.9. The van der Waals surface area contributed by atoms with E-state index in [1.165, 1.54) is 4.90 Å². The summed E-state index contributed by atoms with van der Waals surface area (Å²) < 4.78 is 6.31. The van der Waals surface area contributed by atoms with E-state index in [9.17, 15) is 9.59 Å². The molecule has 0 aromatic heterocycles. The monoisotopic (exact) mass is 387 g/mol. The second-order valence-corrected chi connectivity index (χ2v) is 6.00. The Morgan fingerprint density at radius 3 is 2.79 bits per heavy atom. The third-order valence-corrected chi connectivity index (χ3v) is 3.91. The van der Waals surface area contributed by atoms with Gasteiger partial charge >= 0.3 is 0 Å². The molecule has 6 nitrogen and oxygen atoms in total. The highest BCUT2D eigenvalue weighted by molar-refractivity contribution is 9.10. The van der Waals surface area contributed by atoms with Gasteiger partial charge in [-0.05, 0) is 29.8 Å². The van der Waals surface area contributed by atoms with Crippen LogP contribution in [0.2, 0.25) is 0 Å². The molecular formula is C17H14BrN3O3. The van der Waals surface area contributed by atoms with Gasteiger partial charge in [-0.3, -0.25) is 14.5 Å². The molecule has 1 N–H and O–H groups in total. The molecule has 2 aromatic rings. The lowest BCUT2D eigenvalue weighted by Gasteiger charge is -2.28. The van der Waals surface area contributed by atoms with Crippen molar-refractivity contribution in [3.05, 3.63) is 58.6 Å². The van der Waals surface area contributed by atoms with Crippen LogP contribution in [0.3, 0.4) is 0 Å². The number of rotatable bonds is 4. The van der Waals surface area contributed by atoms with Crippen LogP contribution in [0.5, 0.6) is 5.75 Å². The van der Waals surface area contributed by atoms with Gasteiger partial charge in [0.25, 0.3) is 11.8 Å². The van der Waals surface area contributed by atoms with Gasteiger partial charge in [-0.25, -0.2) is 5.43 Å². The quantitative estimate of drug-likeness (QED) is 0.646. The van der Waals surface area contributed by atoms with E-state index in [2.05, 4.69) is 26.5 Å². The van der Waals surface area contributed by atoms with Crippen LogP contribution in [0.1, 0.15) is 5.56 Å². The topological polar surface area (TPSA) is 71.0 Å². The van der Waals surface area contributed by atoms with E-state index in [4.69, 9.17) is 4.74 Å². The summed E-state index contributed by atoms with van der Waals surface area (Å²) in [6, 6.07) is 14.6. The smallest absolute Gasteiger partial charge is 0.265 e. The molecule has 24 heavy (non-hydrogen) atoms. The van der Waals surface area contributed by atoms with Gasteiger partial charge in [-0.15, -0.1) is 0 Å². The molecule has 2 aromatic carbocycles. The molecule has 0 aliphatic carbocycles. The molecule has 1 heterocycles. The lowest BCUT2D eigenvalue weighted by molar-refractivity contribution is -0.125. The first-order valence-electron chi connectivity index (χ1n) is 7.23. The lowest BCUT2D eigenvalue weighted by atomic mass is 10.2. The van der Waals surface area contributed by atoms with E-state index < -0.39 is 0 Å². The van der Waals surface area contributed by atoms with Gasteiger partial charge in [0.15, 0.2) is 6.61 Å². The standard InChI is InChI=1S/C17H14BrN3O3/c18-13-7-5-12(6-8-13)9-19-20-16(22)10-21-14-3-1-2-4-15(14)24-11-17(21)23/h1-9H,10-11H2,(H,20,22)/b19-9+. The van der Waals surface area contributed by atoms with Crippen molar-refractivity contribution in [2.24, 2.45) is 5.10 Å². The molecule has 0 atom stereocenters. The Kier molecular flexibility index (Phi) is 4.90. The van der Waals surface area contributed by atoms with Crippen molar-refractivity contribution in [3.8, 4) is 5.75 Å². The Bertz CT molecular complexity index is 790. The molecule has 0 fully saturated rings. The molecule has 1 aliphatic heterocycles. The summed E-state index contributed by atoms with van der Waals surface area (Å²) in [7, 11) is 0. The number of hydrogen-bond donors (Lipinski definition) is 1. The van der Waals surface area contributed by atoms with Crippen LogP contribution in [0, 0.1) is 0 Å². The lowest BCUT2D eigenvalue weighted by Crippen LogP contribution is -2.44. The van der Waals surface area contributed by atoms with Crippen LogP contribution in [0.4, 0.5) is 5.69 Å². The maximum absolute atomic E-state index is 12.0. The van der Waals surface area contributed by atoms with Crippen LogP contribution in [0.15, 0.2) is 58.1 Å². The minimum Gasteiger partial charge on any atom is -0.482 e. The fourth-order valence-electron chi connectivity index (χ4n) is 2.23. The second-order valence-electron chi connectivity index (χ2n) is 5.08. The summed E-state index contributed by atoms with van der Waals surface area (Å²) in [5.41, 5.74) is 3.87. The average Bonchev–Trinajstić information content (AvgIpc) is 2.59. The molecule has 0 saturated carbocycles. The molecule has 1 aliphatic rings. The molecule has 0 saturated heterocycles. The van der Waals surface area contributed by atoms with E-state index in [-0.39, 0.29) is 25.0 Å². The number of carbonyl (C=O) groups is 2. The highest BCUT2D eigenvalue weighted by Crippen LogP contribution is 2.31. The van der Waals surface area contributed by atoms with E-state index >= 15 is 0 Å². The largest absolute Gasteiger partial charge is 0.482 e. The minimum absolute atomic E-state index is 0.0769. The Labute approximate surface area is 147 Å². The summed E-state index contributed by atoms with van der Waals surface area (Å²) in [6.07, 6.45) is 1.54. The zero-order chi connectivity index (χ0) is 16.9. The predicted octanol–water partition coefficient (Wildman–Crippen LogP) is 2.32. The fraction of sp³-hybridized carbons (Fsp3) is 0.118. The third-order valence-electron chi connectivity index (χ3n) is 3.38. The molecule has 2 amide bonds. The van der Waals surface area contributed by atoms with Crippen molar-refractivity contribution in [2.75, 3.05) is 18.1 Å². The van der Waals surface area contributed by atoms with Gasteiger partial charge < -0.3 is 4.74 Å². The number of benzene rings is 2. The summed E-state index contributed by atoms with van der Waals surface area (Å²) >= 11 is 3.35. The number of fused-ring (bicyclic) bond motifs is 1. The molecule has 0 spiro atoms. The molecule has 0 unspecified atom stereocenters. The van der Waals surface area contributed by atoms with Crippen molar-refractivity contribution >= 4 is 39.6 Å².